The highest BCUT2D eigenvalue weighted by Crippen LogP contribution is 2.32. The normalized spacial score (nSPS) is 14.3. The molecule has 0 N–H and O–H groups in total. The van der Waals surface area contributed by atoms with E-state index in [4.69, 9.17) is 23.9 Å². The van der Waals surface area contributed by atoms with Gasteiger partial charge in [0, 0.05) is 0 Å². The van der Waals surface area contributed by atoms with Gasteiger partial charge in [0.1, 0.15) is 19.0 Å². The highest BCUT2D eigenvalue weighted by Gasteiger charge is 2.33. The molecule has 1 aliphatic heterocycles. The Morgan fingerprint density at radius 2 is 1.50 bits per heavy atom. The second-order valence-electron chi connectivity index (χ2n) is 10.6. The number of hydrogen-bond acceptors (Lipinski definition) is 8. The molecular weight excluding hydrogens is 600 g/mol. The van der Waals surface area contributed by atoms with Gasteiger partial charge in [-0.3, -0.25) is 9.36 Å². The van der Waals surface area contributed by atoms with Crippen LogP contribution in [0, 0.1) is 0 Å². The number of rotatable bonds is 10. The lowest BCUT2D eigenvalue weighted by Gasteiger charge is -2.25. The molecule has 0 saturated carbocycles. The number of carbonyl (C=O) groups is 1. The topological polar surface area (TPSA) is 88.4 Å². The van der Waals surface area contributed by atoms with Gasteiger partial charge < -0.3 is 18.9 Å². The summed E-state index contributed by atoms with van der Waals surface area (Å²) in [7, 11) is 3.14. The lowest BCUT2D eigenvalue weighted by molar-refractivity contribution is -0.140. The van der Waals surface area contributed by atoms with E-state index in [-0.39, 0.29) is 12.2 Å². The molecule has 1 aliphatic rings. The van der Waals surface area contributed by atoms with E-state index in [0.717, 1.165) is 22.3 Å². The second kappa shape index (κ2) is 13.7. The molecule has 0 saturated heterocycles. The monoisotopic (exact) mass is 632 g/mol. The standard InChI is InChI=1S/C37H32N2O6S/c1-24-33(36(41)45-23-26-12-8-5-9-13-26)34(28-15-17-29(18-16-28)44-22-25-10-6-4-7-11-25)39-35(40)32(46-37(39)38-24)21-27-14-19-30(42-2)31(20-27)43-3/h4-21,34H,22-23H2,1-3H3/b32-21-. The maximum absolute atomic E-state index is 14.1. The molecule has 0 aliphatic carbocycles. The molecule has 0 spiro atoms. The number of ether oxygens (including phenoxy) is 4. The van der Waals surface area contributed by atoms with Crippen LogP contribution in [0.15, 0.2) is 124 Å². The molecule has 232 valence electrons. The third-order valence-electron chi connectivity index (χ3n) is 7.60. The molecule has 9 heteroatoms. The van der Waals surface area contributed by atoms with Crippen LogP contribution < -0.4 is 29.1 Å². The number of benzene rings is 4. The van der Waals surface area contributed by atoms with Gasteiger partial charge in [0.15, 0.2) is 16.3 Å². The van der Waals surface area contributed by atoms with Crippen molar-refractivity contribution in [3.05, 3.63) is 156 Å². The van der Waals surface area contributed by atoms with Crippen LogP contribution in [-0.4, -0.2) is 24.8 Å². The molecule has 0 radical (unpaired) electrons. The number of thiazole rings is 1. The highest BCUT2D eigenvalue weighted by atomic mass is 32.1. The number of carbonyl (C=O) groups excluding carboxylic acids is 1. The van der Waals surface area contributed by atoms with Crippen molar-refractivity contribution in [3.63, 3.8) is 0 Å². The van der Waals surface area contributed by atoms with Gasteiger partial charge in [0.2, 0.25) is 0 Å². The first kappa shape index (κ1) is 30.6. The maximum Gasteiger partial charge on any atom is 0.338 e. The fourth-order valence-electron chi connectivity index (χ4n) is 5.28. The summed E-state index contributed by atoms with van der Waals surface area (Å²) in [5.74, 6) is 1.28. The molecule has 1 atom stereocenters. The summed E-state index contributed by atoms with van der Waals surface area (Å²) in [6.07, 6.45) is 1.79. The predicted molar refractivity (Wildman–Crippen MR) is 177 cm³/mol. The first-order chi connectivity index (χ1) is 22.4. The van der Waals surface area contributed by atoms with Crippen molar-refractivity contribution in [2.45, 2.75) is 26.2 Å². The summed E-state index contributed by atoms with van der Waals surface area (Å²) in [6, 6.07) is 31.5. The quantitative estimate of drug-likeness (QED) is 0.187. The van der Waals surface area contributed by atoms with E-state index in [1.165, 1.54) is 11.3 Å². The highest BCUT2D eigenvalue weighted by molar-refractivity contribution is 7.07. The van der Waals surface area contributed by atoms with Gasteiger partial charge >= 0.3 is 5.97 Å². The van der Waals surface area contributed by atoms with Crippen LogP contribution in [0.3, 0.4) is 0 Å². The Balaban J connectivity index is 1.39. The Hall–Kier alpha value is -5.41. The van der Waals surface area contributed by atoms with Gasteiger partial charge in [-0.1, -0.05) is 90.2 Å². The Kier molecular flexibility index (Phi) is 9.12. The summed E-state index contributed by atoms with van der Waals surface area (Å²) < 4.78 is 24.6. The van der Waals surface area contributed by atoms with Crippen molar-refractivity contribution in [1.82, 2.24) is 4.57 Å². The van der Waals surface area contributed by atoms with E-state index in [1.54, 1.807) is 43.9 Å². The van der Waals surface area contributed by atoms with E-state index in [1.807, 2.05) is 91.0 Å². The lowest BCUT2D eigenvalue weighted by Crippen LogP contribution is -2.39. The molecule has 2 heterocycles. The van der Waals surface area contributed by atoms with Crippen LogP contribution in [0.4, 0.5) is 0 Å². The number of allylic oxidation sites excluding steroid dienone is 1. The zero-order valence-corrected chi connectivity index (χ0v) is 26.5. The minimum absolute atomic E-state index is 0.0964. The van der Waals surface area contributed by atoms with Gasteiger partial charge in [-0.2, -0.15) is 0 Å². The van der Waals surface area contributed by atoms with Crippen LogP contribution >= 0.6 is 11.3 Å². The molecule has 6 rings (SSSR count). The van der Waals surface area contributed by atoms with E-state index in [9.17, 15) is 9.59 Å². The van der Waals surface area contributed by atoms with Gasteiger partial charge in [0.05, 0.1) is 36.1 Å². The van der Waals surface area contributed by atoms with Crippen molar-refractivity contribution in [2.24, 2.45) is 4.99 Å². The molecule has 5 aromatic rings. The minimum Gasteiger partial charge on any atom is -0.493 e. The number of methoxy groups -OCH3 is 2. The fraction of sp³-hybridized carbons (Fsp3) is 0.162. The average Bonchev–Trinajstić information content (AvgIpc) is 3.40. The summed E-state index contributed by atoms with van der Waals surface area (Å²) in [6.45, 7) is 2.29. The number of aromatic nitrogens is 1. The van der Waals surface area contributed by atoms with Gasteiger partial charge in [-0.15, -0.1) is 0 Å². The summed E-state index contributed by atoms with van der Waals surface area (Å²) in [5, 5.41) is 0. The van der Waals surface area contributed by atoms with Crippen LogP contribution in [0.1, 0.15) is 35.2 Å². The van der Waals surface area contributed by atoms with Gasteiger partial charge in [0.25, 0.3) is 5.56 Å². The molecule has 46 heavy (non-hydrogen) atoms. The SMILES string of the molecule is COc1ccc(/C=c2\sc3n(c2=O)C(c2ccc(OCc4ccccc4)cc2)C(C(=O)OCc2ccccc2)=C(C)N=3)cc1OC. The van der Waals surface area contributed by atoms with Crippen LogP contribution in [-0.2, 0) is 22.7 Å². The molecule has 8 nitrogen and oxygen atoms in total. The smallest absolute Gasteiger partial charge is 0.338 e. The molecule has 0 bridgehead atoms. The third-order valence-corrected chi connectivity index (χ3v) is 8.59. The summed E-state index contributed by atoms with van der Waals surface area (Å²) in [5.41, 5.74) is 3.93. The maximum atomic E-state index is 14.1. The molecule has 4 aromatic carbocycles. The Labute approximate surface area is 270 Å². The van der Waals surface area contributed by atoms with E-state index in [2.05, 4.69) is 0 Å². The van der Waals surface area contributed by atoms with Crippen molar-refractivity contribution in [3.8, 4) is 17.2 Å². The van der Waals surface area contributed by atoms with E-state index in [0.29, 0.717) is 44.5 Å². The fourth-order valence-corrected chi connectivity index (χ4v) is 6.33. The van der Waals surface area contributed by atoms with Crippen molar-refractivity contribution < 1.29 is 23.7 Å². The largest absolute Gasteiger partial charge is 0.493 e. The predicted octanol–water partition coefficient (Wildman–Crippen LogP) is 5.57. The molecule has 1 aromatic heterocycles. The first-order valence-corrected chi connectivity index (χ1v) is 15.5. The Morgan fingerprint density at radius 1 is 0.848 bits per heavy atom. The summed E-state index contributed by atoms with van der Waals surface area (Å²) in [4.78, 5) is 33.0. The Morgan fingerprint density at radius 3 is 2.15 bits per heavy atom. The van der Waals surface area contributed by atoms with Crippen molar-refractivity contribution >= 4 is 23.4 Å². The number of hydrogen-bond donors (Lipinski definition) is 0. The molecular formula is C37H32N2O6S. The zero-order chi connectivity index (χ0) is 32.0. The van der Waals surface area contributed by atoms with Crippen LogP contribution in [0.5, 0.6) is 17.2 Å². The molecule has 0 amide bonds. The van der Waals surface area contributed by atoms with E-state index < -0.39 is 12.0 Å². The van der Waals surface area contributed by atoms with E-state index >= 15 is 0 Å². The zero-order valence-electron chi connectivity index (χ0n) is 25.6. The van der Waals surface area contributed by atoms with Gasteiger partial charge in [-0.25, -0.2) is 9.79 Å². The number of fused-ring (bicyclic) bond motifs is 1. The van der Waals surface area contributed by atoms with Crippen molar-refractivity contribution in [1.29, 1.82) is 0 Å². The summed E-state index contributed by atoms with van der Waals surface area (Å²) >= 11 is 1.26. The minimum atomic E-state index is -0.754. The Bertz CT molecular complexity index is 2070. The molecule has 0 fully saturated rings. The van der Waals surface area contributed by atoms with Crippen molar-refractivity contribution in [2.75, 3.05) is 14.2 Å². The molecule has 1 unspecified atom stereocenters. The van der Waals surface area contributed by atoms with Crippen LogP contribution in [0.2, 0.25) is 0 Å². The third kappa shape index (κ3) is 6.50. The number of nitrogens with zero attached hydrogens (tertiary/aromatic N) is 2. The second-order valence-corrected chi connectivity index (χ2v) is 11.6. The number of esters is 1. The lowest BCUT2D eigenvalue weighted by atomic mass is 9.96. The first-order valence-electron chi connectivity index (χ1n) is 14.7. The van der Waals surface area contributed by atoms with Gasteiger partial charge in [-0.05, 0) is 59.5 Å². The van der Waals surface area contributed by atoms with Crippen LogP contribution in [0.25, 0.3) is 6.08 Å². The average molecular weight is 633 g/mol.